The largest absolute Gasteiger partial charge is 0.508 e. The van der Waals surface area contributed by atoms with Gasteiger partial charge in [0.25, 0.3) is 0 Å². The zero-order chi connectivity index (χ0) is 27.6. The summed E-state index contributed by atoms with van der Waals surface area (Å²) >= 11 is 0. The van der Waals surface area contributed by atoms with Crippen molar-refractivity contribution in [1.82, 2.24) is 0 Å². The Balaban J connectivity index is 1.63. The summed E-state index contributed by atoms with van der Waals surface area (Å²) in [5, 5.41) is 50.6. The zero-order valence-electron chi connectivity index (χ0n) is 20.7. The van der Waals surface area contributed by atoms with E-state index in [1.165, 1.54) is 63.8 Å². The summed E-state index contributed by atoms with van der Waals surface area (Å²) in [4.78, 5) is 12.6. The lowest BCUT2D eigenvalue weighted by Gasteiger charge is -2.21. The lowest BCUT2D eigenvalue weighted by molar-refractivity contribution is -0.00998. The van der Waals surface area contributed by atoms with Gasteiger partial charge >= 0.3 is 0 Å². The molecule has 1 heterocycles. The van der Waals surface area contributed by atoms with E-state index in [-0.39, 0.29) is 57.8 Å². The number of rotatable bonds is 9. The fourth-order valence-corrected chi connectivity index (χ4v) is 3.92. The van der Waals surface area contributed by atoms with Crippen LogP contribution in [0.1, 0.15) is 11.7 Å². The van der Waals surface area contributed by atoms with Crippen molar-refractivity contribution in [3.8, 4) is 51.6 Å². The first-order valence-electron chi connectivity index (χ1n) is 11.3. The van der Waals surface area contributed by atoms with Gasteiger partial charge in [-0.3, -0.25) is 4.79 Å². The van der Waals surface area contributed by atoms with Crippen LogP contribution in [0.4, 0.5) is 0 Å². The molecule has 0 saturated heterocycles. The van der Waals surface area contributed by atoms with Gasteiger partial charge in [0, 0.05) is 23.8 Å². The molecular formula is C27H26O11. The Bertz CT molecular complexity index is 1500. The normalized spacial score (nSPS) is 12.7. The van der Waals surface area contributed by atoms with Crippen molar-refractivity contribution >= 4 is 11.0 Å². The predicted molar refractivity (Wildman–Crippen MR) is 135 cm³/mol. The van der Waals surface area contributed by atoms with Crippen LogP contribution in [-0.4, -0.2) is 59.6 Å². The van der Waals surface area contributed by atoms with Gasteiger partial charge in [-0.15, -0.1) is 0 Å². The third-order valence-corrected chi connectivity index (χ3v) is 5.85. The minimum Gasteiger partial charge on any atom is -0.508 e. The van der Waals surface area contributed by atoms with E-state index in [0.29, 0.717) is 11.1 Å². The van der Waals surface area contributed by atoms with Crippen LogP contribution in [0.3, 0.4) is 0 Å². The molecule has 0 radical (unpaired) electrons. The average Bonchev–Trinajstić information content (AvgIpc) is 2.90. The van der Waals surface area contributed by atoms with Crippen molar-refractivity contribution in [3.05, 3.63) is 64.3 Å². The molecule has 2 atom stereocenters. The van der Waals surface area contributed by atoms with Crippen molar-refractivity contribution in [2.75, 3.05) is 27.9 Å². The first-order chi connectivity index (χ1) is 18.2. The summed E-state index contributed by atoms with van der Waals surface area (Å²) in [5.74, 6) is -0.0906. The van der Waals surface area contributed by atoms with E-state index in [0.717, 1.165) is 6.07 Å². The smallest absolute Gasteiger partial charge is 0.203 e. The molecule has 200 valence electrons. The molecule has 11 heteroatoms. The SMILES string of the molecule is COc1cc([C@H](O)[C@H](O)COc2c(OC)cc(-c3cc(=O)c4c(O)cc(O)cc4o3)cc2OC)ccc1O. The van der Waals surface area contributed by atoms with Gasteiger partial charge in [-0.2, -0.15) is 0 Å². The van der Waals surface area contributed by atoms with Gasteiger partial charge in [0.2, 0.25) is 5.75 Å². The molecule has 5 N–H and O–H groups in total. The molecule has 0 unspecified atom stereocenters. The summed E-state index contributed by atoms with van der Waals surface area (Å²) in [6.45, 7) is -0.361. The van der Waals surface area contributed by atoms with Crippen LogP contribution in [0.25, 0.3) is 22.3 Å². The fourth-order valence-electron chi connectivity index (χ4n) is 3.92. The lowest BCUT2D eigenvalue weighted by Crippen LogP contribution is -2.25. The highest BCUT2D eigenvalue weighted by Gasteiger charge is 2.24. The van der Waals surface area contributed by atoms with E-state index in [1.54, 1.807) is 0 Å². The van der Waals surface area contributed by atoms with Crippen molar-refractivity contribution in [2.45, 2.75) is 12.2 Å². The quantitative estimate of drug-likeness (QED) is 0.217. The van der Waals surface area contributed by atoms with Gasteiger partial charge in [0.05, 0.1) is 21.3 Å². The number of phenols is 3. The van der Waals surface area contributed by atoms with E-state index >= 15 is 0 Å². The maximum absolute atomic E-state index is 12.6. The van der Waals surface area contributed by atoms with Crippen LogP contribution in [0, 0.1) is 0 Å². The summed E-state index contributed by atoms with van der Waals surface area (Å²) in [6, 6.07) is 10.6. The molecule has 3 aromatic carbocycles. The Morgan fingerprint density at radius 3 is 2.11 bits per heavy atom. The standard InChI is InChI=1S/C27H26O11/c1-34-21-6-13(4-5-16(21)29)26(33)19(32)12-37-27-23(35-2)7-14(8-24(27)36-3)20-11-18(31)25-17(30)9-15(28)10-22(25)38-20/h4-11,19,26,28-30,32-33H,12H2,1-3H3/t19-,26+/m1/s1. The number of benzene rings is 3. The first-order valence-corrected chi connectivity index (χ1v) is 11.3. The van der Waals surface area contributed by atoms with Crippen LogP contribution < -0.4 is 24.4 Å². The molecular weight excluding hydrogens is 500 g/mol. The van der Waals surface area contributed by atoms with Gasteiger partial charge in [0.1, 0.15) is 47.0 Å². The molecule has 0 fully saturated rings. The molecule has 0 saturated carbocycles. The Morgan fingerprint density at radius 2 is 1.47 bits per heavy atom. The van der Waals surface area contributed by atoms with Crippen LogP contribution >= 0.6 is 0 Å². The highest BCUT2D eigenvalue weighted by Crippen LogP contribution is 2.42. The second-order valence-corrected chi connectivity index (χ2v) is 8.28. The van der Waals surface area contributed by atoms with Crippen LogP contribution in [0.15, 0.2) is 57.7 Å². The Hall–Kier alpha value is -4.61. The number of fused-ring (bicyclic) bond motifs is 1. The van der Waals surface area contributed by atoms with Crippen molar-refractivity contribution < 1.29 is 48.9 Å². The van der Waals surface area contributed by atoms with Crippen molar-refractivity contribution in [3.63, 3.8) is 0 Å². The van der Waals surface area contributed by atoms with Crippen molar-refractivity contribution in [1.29, 1.82) is 0 Å². The maximum Gasteiger partial charge on any atom is 0.203 e. The van der Waals surface area contributed by atoms with Gasteiger partial charge in [-0.25, -0.2) is 0 Å². The molecule has 1 aromatic heterocycles. The van der Waals surface area contributed by atoms with E-state index in [4.69, 9.17) is 23.4 Å². The highest BCUT2D eigenvalue weighted by molar-refractivity contribution is 5.86. The van der Waals surface area contributed by atoms with Gasteiger partial charge in [-0.05, 0) is 29.8 Å². The number of phenolic OH excluding ortho intramolecular Hbond substituents is 3. The fraction of sp³-hybridized carbons (Fsp3) is 0.222. The molecule has 0 aliphatic heterocycles. The summed E-state index contributed by atoms with van der Waals surface area (Å²) in [7, 11) is 4.13. The Kier molecular flexibility index (Phi) is 7.51. The van der Waals surface area contributed by atoms with Crippen LogP contribution in [-0.2, 0) is 0 Å². The minimum absolute atomic E-state index is 0.0220. The number of aliphatic hydroxyl groups is 2. The number of hydrogen-bond donors (Lipinski definition) is 5. The number of aliphatic hydroxyl groups excluding tert-OH is 2. The third kappa shape index (κ3) is 5.10. The molecule has 0 aliphatic rings. The van der Waals surface area contributed by atoms with Gasteiger partial charge < -0.3 is 48.9 Å². The molecule has 0 aliphatic carbocycles. The third-order valence-electron chi connectivity index (χ3n) is 5.85. The van der Waals surface area contributed by atoms with Crippen LogP contribution in [0.5, 0.6) is 40.2 Å². The monoisotopic (exact) mass is 526 g/mol. The van der Waals surface area contributed by atoms with Gasteiger partial charge in [0.15, 0.2) is 28.4 Å². The second-order valence-electron chi connectivity index (χ2n) is 8.28. The Morgan fingerprint density at radius 1 is 0.816 bits per heavy atom. The lowest BCUT2D eigenvalue weighted by atomic mass is 10.0. The van der Waals surface area contributed by atoms with E-state index in [2.05, 4.69) is 0 Å². The number of ether oxygens (including phenoxy) is 4. The Labute approximate surface area is 216 Å². The maximum atomic E-state index is 12.6. The highest BCUT2D eigenvalue weighted by atomic mass is 16.5. The molecule has 0 amide bonds. The van der Waals surface area contributed by atoms with Crippen molar-refractivity contribution in [2.24, 2.45) is 0 Å². The average molecular weight is 526 g/mol. The molecule has 4 rings (SSSR count). The minimum atomic E-state index is -1.38. The van der Waals surface area contributed by atoms with E-state index in [9.17, 15) is 30.3 Å². The summed E-state index contributed by atoms with van der Waals surface area (Å²) in [5.41, 5.74) is 0.115. The topological polar surface area (TPSA) is 168 Å². The molecule has 0 spiro atoms. The first kappa shape index (κ1) is 26.5. The predicted octanol–water partition coefficient (Wildman–Crippen LogP) is 3.08. The molecule has 38 heavy (non-hydrogen) atoms. The van der Waals surface area contributed by atoms with E-state index < -0.39 is 23.4 Å². The molecule has 0 bridgehead atoms. The molecule has 4 aromatic rings. The summed E-state index contributed by atoms with van der Waals surface area (Å²) < 4.78 is 27.4. The summed E-state index contributed by atoms with van der Waals surface area (Å²) in [6.07, 6.45) is -2.74. The number of methoxy groups -OCH3 is 3. The van der Waals surface area contributed by atoms with Gasteiger partial charge in [-0.1, -0.05) is 6.07 Å². The van der Waals surface area contributed by atoms with E-state index in [1.807, 2.05) is 0 Å². The van der Waals surface area contributed by atoms with Crippen LogP contribution in [0.2, 0.25) is 0 Å². The zero-order valence-corrected chi connectivity index (χ0v) is 20.7. The second kappa shape index (κ2) is 10.8. The number of aromatic hydroxyl groups is 3. The number of hydrogen-bond acceptors (Lipinski definition) is 11. The molecule has 11 nitrogen and oxygen atoms in total.